The summed E-state index contributed by atoms with van der Waals surface area (Å²) < 4.78 is 13.6. The maximum atomic E-state index is 12.8. The van der Waals surface area contributed by atoms with Crippen molar-refractivity contribution in [2.75, 3.05) is 11.9 Å². The van der Waals surface area contributed by atoms with Gasteiger partial charge in [0.15, 0.2) is 0 Å². The van der Waals surface area contributed by atoms with Gasteiger partial charge in [0, 0.05) is 11.0 Å². The van der Waals surface area contributed by atoms with Gasteiger partial charge in [-0.2, -0.15) is 0 Å². The Morgan fingerprint density at radius 1 is 1.19 bits per heavy atom. The molecule has 0 atom stereocenters. The number of benzene rings is 2. The highest BCUT2D eigenvalue weighted by molar-refractivity contribution is 9.10. The fourth-order valence-corrected chi connectivity index (χ4v) is 2.45. The summed E-state index contributed by atoms with van der Waals surface area (Å²) in [6.45, 7) is 2.47. The fraction of sp³-hybridized carbons (Fsp3) is 0.188. The first-order chi connectivity index (χ1) is 10.0. The molecule has 0 aromatic heterocycles. The maximum absolute atomic E-state index is 12.8. The standard InChI is InChI=1S/C16H16BrFN2O/c1-11-2-7-15(14(17)10-11)20-16(21)19-9-8-12-3-5-13(18)6-4-12/h2-7,10H,8-9H2,1H3,(H2,19,20,21). The fourth-order valence-electron chi connectivity index (χ4n) is 1.86. The minimum atomic E-state index is -0.262. The van der Waals surface area contributed by atoms with E-state index in [1.54, 1.807) is 12.1 Å². The topological polar surface area (TPSA) is 41.1 Å². The van der Waals surface area contributed by atoms with E-state index < -0.39 is 0 Å². The second-order valence-corrected chi connectivity index (χ2v) is 5.60. The Bertz CT molecular complexity index is 629. The van der Waals surface area contributed by atoms with Gasteiger partial charge in [0.1, 0.15) is 5.82 Å². The molecule has 0 aliphatic heterocycles. The molecule has 0 spiro atoms. The van der Waals surface area contributed by atoms with Crippen molar-refractivity contribution >= 4 is 27.6 Å². The van der Waals surface area contributed by atoms with E-state index in [1.807, 2.05) is 25.1 Å². The zero-order valence-electron chi connectivity index (χ0n) is 11.6. The highest BCUT2D eigenvalue weighted by atomic mass is 79.9. The van der Waals surface area contributed by atoms with Crippen molar-refractivity contribution < 1.29 is 9.18 Å². The first kappa shape index (κ1) is 15.5. The van der Waals surface area contributed by atoms with E-state index in [0.717, 1.165) is 21.3 Å². The van der Waals surface area contributed by atoms with E-state index >= 15 is 0 Å². The lowest BCUT2D eigenvalue weighted by atomic mass is 10.1. The van der Waals surface area contributed by atoms with Crippen molar-refractivity contribution in [1.82, 2.24) is 5.32 Å². The van der Waals surface area contributed by atoms with Crippen LogP contribution in [0, 0.1) is 12.7 Å². The molecule has 2 aromatic carbocycles. The Balaban J connectivity index is 1.81. The molecule has 21 heavy (non-hydrogen) atoms. The van der Waals surface area contributed by atoms with Crippen molar-refractivity contribution in [3.63, 3.8) is 0 Å². The van der Waals surface area contributed by atoms with Crippen molar-refractivity contribution in [2.45, 2.75) is 13.3 Å². The van der Waals surface area contributed by atoms with Gasteiger partial charge in [-0.3, -0.25) is 0 Å². The number of nitrogens with one attached hydrogen (secondary N) is 2. The number of urea groups is 1. The van der Waals surface area contributed by atoms with Crippen LogP contribution in [0.5, 0.6) is 0 Å². The molecule has 2 rings (SSSR count). The van der Waals surface area contributed by atoms with Crippen LogP contribution in [-0.2, 0) is 6.42 Å². The number of halogens is 2. The average molecular weight is 351 g/mol. The normalized spacial score (nSPS) is 10.2. The highest BCUT2D eigenvalue weighted by Crippen LogP contribution is 2.23. The molecule has 0 heterocycles. The van der Waals surface area contributed by atoms with Gasteiger partial charge in [0.2, 0.25) is 0 Å². The predicted octanol–water partition coefficient (Wildman–Crippen LogP) is 4.26. The summed E-state index contributed by atoms with van der Waals surface area (Å²) in [4.78, 5) is 11.8. The molecule has 0 aliphatic rings. The molecule has 2 amide bonds. The Morgan fingerprint density at radius 3 is 2.57 bits per heavy atom. The lowest BCUT2D eigenvalue weighted by molar-refractivity contribution is 0.252. The molecule has 0 bridgehead atoms. The van der Waals surface area contributed by atoms with Crippen LogP contribution >= 0.6 is 15.9 Å². The number of hydrogen-bond acceptors (Lipinski definition) is 1. The van der Waals surface area contributed by atoms with Crippen molar-refractivity contribution in [1.29, 1.82) is 0 Å². The van der Waals surface area contributed by atoms with Crippen LogP contribution in [-0.4, -0.2) is 12.6 Å². The molecule has 3 nitrogen and oxygen atoms in total. The molecule has 0 saturated heterocycles. The lowest BCUT2D eigenvalue weighted by Gasteiger charge is -2.09. The van der Waals surface area contributed by atoms with Gasteiger partial charge in [-0.25, -0.2) is 9.18 Å². The van der Waals surface area contributed by atoms with Crippen LogP contribution in [0.25, 0.3) is 0 Å². The Morgan fingerprint density at radius 2 is 1.90 bits per heavy atom. The number of carbonyl (C=O) groups is 1. The third kappa shape index (κ3) is 4.86. The molecule has 2 aromatic rings. The third-order valence-electron chi connectivity index (χ3n) is 2.99. The number of anilines is 1. The van der Waals surface area contributed by atoms with Crippen LogP contribution < -0.4 is 10.6 Å². The molecule has 0 aliphatic carbocycles. The summed E-state index contributed by atoms with van der Waals surface area (Å²) in [6.07, 6.45) is 0.656. The zero-order chi connectivity index (χ0) is 15.2. The van der Waals surface area contributed by atoms with Crippen LogP contribution in [0.3, 0.4) is 0 Å². The quantitative estimate of drug-likeness (QED) is 0.849. The number of aryl methyl sites for hydroxylation is 1. The largest absolute Gasteiger partial charge is 0.338 e. The number of amides is 2. The highest BCUT2D eigenvalue weighted by Gasteiger charge is 2.05. The number of hydrogen-bond donors (Lipinski definition) is 2. The van der Waals surface area contributed by atoms with E-state index in [2.05, 4.69) is 26.6 Å². The molecular formula is C16H16BrFN2O. The monoisotopic (exact) mass is 350 g/mol. The van der Waals surface area contributed by atoms with Crippen LogP contribution in [0.1, 0.15) is 11.1 Å². The predicted molar refractivity (Wildman–Crippen MR) is 86.0 cm³/mol. The summed E-state index contributed by atoms with van der Waals surface area (Å²) >= 11 is 3.41. The summed E-state index contributed by atoms with van der Waals surface area (Å²) in [5.41, 5.74) is 2.82. The van der Waals surface area contributed by atoms with E-state index in [4.69, 9.17) is 0 Å². The molecular weight excluding hydrogens is 335 g/mol. The van der Waals surface area contributed by atoms with Crippen LogP contribution in [0.4, 0.5) is 14.9 Å². The first-order valence-corrected chi connectivity index (χ1v) is 7.39. The molecule has 0 saturated carbocycles. The Labute approximate surface area is 131 Å². The SMILES string of the molecule is Cc1ccc(NC(=O)NCCc2ccc(F)cc2)c(Br)c1. The van der Waals surface area contributed by atoms with Gasteiger partial charge >= 0.3 is 6.03 Å². The van der Waals surface area contributed by atoms with Gasteiger partial charge < -0.3 is 10.6 Å². The van der Waals surface area contributed by atoms with E-state index in [9.17, 15) is 9.18 Å². The second-order valence-electron chi connectivity index (χ2n) is 4.74. The minimum absolute atomic E-state index is 0.256. The minimum Gasteiger partial charge on any atom is -0.338 e. The third-order valence-corrected chi connectivity index (χ3v) is 3.64. The van der Waals surface area contributed by atoms with Crippen molar-refractivity contribution in [2.24, 2.45) is 0 Å². The lowest BCUT2D eigenvalue weighted by Crippen LogP contribution is -2.30. The Kier molecular flexibility index (Phi) is 5.33. The van der Waals surface area contributed by atoms with Crippen molar-refractivity contribution in [3.8, 4) is 0 Å². The van der Waals surface area contributed by atoms with Gasteiger partial charge in [-0.1, -0.05) is 18.2 Å². The zero-order valence-corrected chi connectivity index (χ0v) is 13.2. The summed E-state index contributed by atoms with van der Waals surface area (Å²) in [5, 5.41) is 5.55. The van der Waals surface area contributed by atoms with Gasteiger partial charge in [-0.05, 0) is 64.7 Å². The maximum Gasteiger partial charge on any atom is 0.319 e. The summed E-state index contributed by atoms with van der Waals surface area (Å²) in [7, 11) is 0. The van der Waals surface area contributed by atoms with E-state index in [-0.39, 0.29) is 11.8 Å². The van der Waals surface area contributed by atoms with Crippen molar-refractivity contribution in [3.05, 3.63) is 63.9 Å². The van der Waals surface area contributed by atoms with Gasteiger partial charge in [0.05, 0.1) is 5.69 Å². The van der Waals surface area contributed by atoms with Gasteiger partial charge in [-0.15, -0.1) is 0 Å². The molecule has 110 valence electrons. The molecule has 0 unspecified atom stereocenters. The molecule has 0 radical (unpaired) electrons. The summed E-state index contributed by atoms with van der Waals surface area (Å²) in [5.74, 6) is -0.256. The second kappa shape index (κ2) is 7.22. The Hall–Kier alpha value is -1.88. The smallest absolute Gasteiger partial charge is 0.319 e. The van der Waals surface area contributed by atoms with Crippen LogP contribution in [0.15, 0.2) is 46.9 Å². The van der Waals surface area contributed by atoms with E-state index in [0.29, 0.717) is 13.0 Å². The number of rotatable bonds is 4. The first-order valence-electron chi connectivity index (χ1n) is 6.60. The summed E-state index contributed by atoms with van der Waals surface area (Å²) in [6, 6.07) is 11.7. The molecule has 0 fully saturated rings. The van der Waals surface area contributed by atoms with Gasteiger partial charge in [0.25, 0.3) is 0 Å². The molecule has 2 N–H and O–H groups in total. The number of carbonyl (C=O) groups excluding carboxylic acids is 1. The molecule has 5 heteroatoms. The van der Waals surface area contributed by atoms with E-state index in [1.165, 1.54) is 12.1 Å². The van der Waals surface area contributed by atoms with Crippen LogP contribution in [0.2, 0.25) is 0 Å². The average Bonchev–Trinajstić information content (AvgIpc) is 2.44.